The van der Waals surface area contributed by atoms with Gasteiger partial charge in [0.2, 0.25) is 16.8 Å². The monoisotopic (exact) mass is 318 g/mol. The molecule has 0 aliphatic heterocycles. The molecule has 0 unspecified atom stereocenters. The number of ketones is 1. The molecule has 0 heterocycles. The highest BCUT2D eigenvalue weighted by atomic mass is 32.2. The molecule has 0 bridgehead atoms. The van der Waals surface area contributed by atoms with Crippen LogP contribution >= 0.6 is 11.8 Å². The Morgan fingerprint density at radius 3 is 2.62 bits per heavy atom. The van der Waals surface area contributed by atoms with Gasteiger partial charge in [-0.3, -0.25) is 14.4 Å². The van der Waals surface area contributed by atoms with Gasteiger partial charge in [-0.05, 0) is 13.3 Å². The first-order chi connectivity index (χ1) is 11.0. The maximum Gasteiger partial charge on any atom is 0.323 e. The van der Waals surface area contributed by atoms with Crippen molar-refractivity contribution in [3.63, 3.8) is 0 Å². The molecule has 0 saturated heterocycles. The molecular weight excluding hydrogens is 294 g/mol. The number of amides is 1. The van der Waals surface area contributed by atoms with Crippen molar-refractivity contribution in [1.82, 2.24) is 5.32 Å². The molecule has 0 aromatic heterocycles. The van der Waals surface area contributed by atoms with Crippen LogP contribution in [0.3, 0.4) is 0 Å². The average Bonchev–Trinajstić information content (AvgIpc) is 2.40. The summed E-state index contributed by atoms with van der Waals surface area (Å²) in [7, 11) is -2.74. The topological polar surface area (TPSA) is 109 Å². The molecule has 0 aliphatic rings. The highest BCUT2D eigenvalue weighted by Crippen LogP contribution is 2.16. The first-order valence-corrected chi connectivity index (χ1v) is 7.23. The van der Waals surface area contributed by atoms with Gasteiger partial charge in [-0.25, -0.2) is 0 Å². The molecule has 8 heteroatoms. The normalized spacial score (nSPS) is 15.9. The molecule has 0 aromatic rings. The summed E-state index contributed by atoms with van der Waals surface area (Å²) >= 11 is 0.995. The number of Topliss-reactive ketones (excluding diaryl/α,β-unsaturated/α-hetero) is 1. The highest BCUT2D eigenvalue weighted by Gasteiger charge is 2.25. The molecule has 0 saturated carbocycles. The zero-order valence-electron chi connectivity index (χ0n) is 15.2. The Morgan fingerprint density at radius 1 is 1.43 bits per heavy atom. The second kappa shape index (κ2) is 10.3. The van der Waals surface area contributed by atoms with Gasteiger partial charge < -0.3 is 15.6 Å². The SMILES string of the molecule is [2H]C([2H])([2H])O[C@@H](C)C(=O)N[C@@H](CCC(=O)C=[N+]=[N-])C(=O)SC(C)C. The fourth-order valence-corrected chi connectivity index (χ4v) is 2.13. The number of carbonyl (C=O) groups excluding carboxylic acids is 3. The highest BCUT2D eigenvalue weighted by molar-refractivity contribution is 8.14. The Bertz CT molecular complexity index is 519. The van der Waals surface area contributed by atoms with Crippen LogP contribution in [0.1, 0.15) is 37.7 Å². The summed E-state index contributed by atoms with van der Waals surface area (Å²) in [5.74, 6) is -1.28. The van der Waals surface area contributed by atoms with Crippen molar-refractivity contribution in [1.29, 1.82) is 0 Å². The summed E-state index contributed by atoms with van der Waals surface area (Å²) in [6.07, 6.45) is -0.699. The van der Waals surface area contributed by atoms with E-state index in [0.29, 0.717) is 6.21 Å². The molecule has 0 fully saturated rings. The van der Waals surface area contributed by atoms with Crippen LogP contribution in [-0.4, -0.2) is 52.2 Å². The molecule has 0 rings (SSSR count). The van der Waals surface area contributed by atoms with E-state index in [1.54, 1.807) is 13.8 Å². The molecule has 118 valence electrons. The van der Waals surface area contributed by atoms with E-state index in [4.69, 9.17) is 9.64 Å². The summed E-state index contributed by atoms with van der Waals surface area (Å²) in [4.78, 5) is 38.1. The maximum atomic E-state index is 12.2. The Balaban J connectivity index is 4.91. The van der Waals surface area contributed by atoms with Crippen molar-refractivity contribution >= 4 is 34.8 Å². The summed E-state index contributed by atoms with van der Waals surface area (Å²) in [5, 5.41) is 2.02. The molecule has 0 radical (unpaired) electrons. The molecule has 0 aromatic carbocycles. The van der Waals surface area contributed by atoms with E-state index in [2.05, 4.69) is 14.8 Å². The average molecular weight is 318 g/mol. The summed E-state index contributed by atoms with van der Waals surface area (Å²) in [6, 6.07) is -0.983. The minimum atomic E-state index is -2.74. The van der Waals surface area contributed by atoms with Crippen molar-refractivity contribution in [2.24, 2.45) is 0 Å². The second-order valence-corrected chi connectivity index (χ2v) is 6.14. The first kappa shape index (κ1) is 14.4. The Morgan fingerprint density at radius 2 is 2.10 bits per heavy atom. The number of methoxy groups -OCH3 is 1. The fraction of sp³-hybridized carbons (Fsp3) is 0.692. The number of rotatable bonds is 9. The number of ether oxygens (including phenoxy) is 1. The van der Waals surface area contributed by atoms with Crippen LogP contribution in [0.5, 0.6) is 0 Å². The van der Waals surface area contributed by atoms with E-state index < -0.39 is 30.9 Å². The van der Waals surface area contributed by atoms with Gasteiger partial charge in [-0.1, -0.05) is 25.6 Å². The third-order valence-corrected chi connectivity index (χ3v) is 3.37. The van der Waals surface area contributed by atoms with Gasteiger partial charge in [-0.2, -0.15) is 4.79 Å². The second-order valence-electron chi connectivity index (χ2n) is 4.56. The Labute approximate surface area is 132 Å². The third-order valence-electron chi connectivity index (χ3n) is 2.38. The van der Waals surface area contributed by atoms with E-state index in [9.17, 15) is 14.4 Å². The smallest absolute Gasteiger partial charge is 0.323 e. The van der Waals surface area contributed by atoms with Gasteiger partial charge in [0.05, 0.1) is 10.2 Å². The lowest BCUT2D eigenvalue weighted by atomic mass is 10.1. The van der Waals surface area contributed by atoms with Crippen LogP contribution in [0.15, 0.2) is 0 Å². The minimum absolute atomic E-state index is 0.00433. The van der Waals surface area contributed by atoms with Crippen LogP contribution in [0.4, 0.5) is 0 Å². The van der Waals surface area contributed by atoms with Crippen molar-refractivity contribution in [3.05, 3.63) is 5.53 Å². The number of hydrogen-bond donors (Lipinski definition) is 1. The first-order valence-electron chi connectivity index (χ1n) is 7.85. The van der Waals surface area contributed by atoms with Crippen molar-refractivity contribution in [2.45, 2.75) is 51.0 Å². The van der Waals surface area contributed by atoms with Crippen molar-refractivity contribution in [2.75, 3.05) is 7.04 Å². The lowest BCUT2D eigenvalue weighted by molar-refractivity contribution is -0.132. The summed E-state index contributed by atoms with van der Waals surface area (Å²) in [6.45, 7) is 4.85. The lowest BCUT2D eigenvalue weighted by Crippen LogP contribution is -2.45. The predicted octanol–water partition coefficient (Wildman–Crippen LogP) is 0.824. The fourth-order valence-electron chi connectivity index (χ4n) is 1.32. The minimum Gasteiger partial charge on any atom is -0.372 e. The van der Waals surface area contributed by atoms with Crippen LogP contribution in [0.25, 0.3) is 5.53 Å². The predicted molar refractivity (Wildman–Crippen MR) is 80.1 cm³/mol. The van der Waals surface area contributed by atoms with Crippen LogP contribution in [-0.2, 0) is 19.1 Å². The number of thioether (sulfide) groups is 1. The largest absolute Gasteiger partial charge is 0.372 e. The Hall–Kier alpha value is -1.50. The standard InChI is InChI=1S/C13H21N3O4S/c1-8(2)21-13(19)11(6-5-10(17)7-15-14)16-12(18)9(3)20-4/h7-9,11H,5-6H2,1-4H3,(H,16,18)/t9-,11-/m0/s1/i4D3. The quantitative estimate of drug-likeness (QED) is 0.384. The molecule has 21 heavy (non-hydrogen) atoms. The van der Waals surface area contributed by atoms with E-state index in [1.807, 2.05) is 0 Å². The van der Waals surface area contributed by atoms with E-state index in [-0.39, 0.29) is 23.2 Å². The number of nitrogens with one attached hydrogen (secondary N) is 1. The molecule has 0 aliphatic carbocycles. The molecular formula is C13H21N3O4S. The van der Waals surface area contributed by atoms with E-state index >= 15 is 0 Å². The van der Waals surface area contributed by atoms with Crippen molar-refractivity contribution < 1.29 is 28.0 Å². The molecule has 2 atom stereocenters. The molecule has 0 spiro atoms. The van der Waals surface area contributed by atoms with Crippen LogP contribution in [0, 0.1) is 0 Å². The number of nitrogens with zero attached hydrogens (tertiary/aromatic N) is 2. The zero-order valence-corrected chi connectivity index (χ0v) is 13.0. The van der Waals surface area contributed by atoms with Gasteiger partial charge >= 0.3 is 6.21 Å². The van der Waals surface area contributed by atoms with Crippen LogP contribution in [0.2, 0.25) is 0 Å². The van der Waals surface area contributed by atoms with Crippen LogP contribution < -0.4 is 5.32 Å². The molecule has 1 amide bonds. The van der Waals surface area contributed by atoms with Gasteiger partial charge in [-0.15, -0.1) is 0 Å². The van der Waals surface area contributed by atoms with E-state index in [1.165, 1.54) is 6.92 Å². The summed E-state index contributed by atoms with van der Waals surface area (Å²) in [5.41, 5.74) is 8.29. The van der Waals surface area contributed by atoms with E-state index in [0.717, 1.165) is 11.8 Å². The van der Waals surface area contributed by atoms with Gasteiger partial charge in [0, 0.05) is 18.7 Å². The summed E-state index contributed by atoms with van der Waals surface area (Å²) < 4.78 is 25.5. The lowest BCUT2D eigenvalue weighted by Gasteiger charge is -2.19. The Kier molecular flexibility index (Phi) is 7.05. The number of hydrogen-bond acceptors (Lipinski definition) is 5. The van der Waals surface area contributed by atoms with Gasteiger partial charge in [0.25, 0.3) is 0 Å². The third kappa shape index (κ3) is 8.39. The maximum absolute atomic E-state index is 12.2. The zero-order chi connectivity index (χ0) is 18.9. The molecule has 1 N–H and O–H groups in total. The van der Waals surface area contributed by atoms with Gasteiger partial charge in [0.15, 0.2) is 0 Å². The van der Waals surface area contributed by atoms with Gasteiger partial charge in [0.1, 0.15) is 6.10 Å². The number of carbonyl (C=O) groups is 3. The molecule has 7 nitrogen and oxygen atoms in total. The van der Waals surface area contributed by atoms with Crippen molar-refractivity contribution in [3.8, 4) is 0 Å².